The van der Waals surface area contributed by atoms with E-state index in [9.17, 15) is 9.90 Å². The van der Waals surface area contributed by atoms with Crippen LogP contribution in [0.4, 0.5) is 5.69 Å². The van der Waals surface area contributed by atoms with E-state index >= 15 is 0 Å². The van der Waals surface area contributed by atoms with Gasteiger partial charge < -0.3 is 14.9 Å². The van der Waals surface area contributed by atoms with Crippen LogP contribution < -0.4 is 4.90 Å². The lowest BCUT2D eigenvalue weighted by atomic mass is 9.78. The van der Waals surface area contributed by atoms with Crippen molar-refractivity contribution < 1.29 is 9.90 Å². The van der Waals surface area contributed by atoms with Crippen molar-refractivity contribution in [2.75, 3.05) is 24.5 Å². The van der Waals surface area contributed by atoms with Crippen LogP contribution in [0.25, 0.3) is 0 Å². The lowest BCUT2D eigenvalue weighted by Gasteiger charge is -2.41. The molecule has 4 nitrogen and oxygen atoms in total. The molecule has 3 fully saturated rings. The summed E-state index contributed by atoms with van der Waals surface area (Å²) in [7, 11) is 0. The number of aliphatic hydroxyl groups is 1. The van der Waals surface area contributed by atoms with Gasteiger partial charge in [0.05, 0.1) is 27.3 Å². The topological polar surface area (TPSA) is 43.8 Å². The number of amides is 1. The van der Waals surface area contributed by atoms with Gasteiger partial charge in [0.1, 0.15) is 0 Å². The van der Waals surface area contributed by atoms with E-state index in [0.29, 0.717) is 22.0 Å². The zero-order chi connectivity index (χ0) is 18.3. The quantitative estimate of drug-likeness (QED) is 0.817. The molecule has 1 aliphatic carbocycles. The standard InChI is InChI=1S/C20H26Cl2N2O2/c21-16-3-1-4-17(18(16)22)23-11-2-9-20(13-23)10-12-24(19(20)26)14-5-7-15(25)8-6-14/h1,3-4,14-15,25H,2,5-13H2/t14-,15+,20-/m1/s1. The summed E-state index contributed by atoms with van der Waals surface area (Å²) in [6.07, 6.45) is 6.14. The van der Waals surface area contributed by atoms with Crippen molar-refractivity contribution in [3.05, 3.63) is 28.2 Å². The van der Waals surface area contributed by atoms with Crippen LogP contribution >= 0.6 is 23.2 Å². The lowest BCUT2D eigenvalue weighted by Crippen LogP contribution is -2.50. The Balaban J connectivity index is 1.52. The molecule has 2 aliphatic heterocycles. The third-order valence-electron chi connectivity index (χ3n) is 6.50. The maximum absolute atomic E-state index is 13.4. The fraction of sp³-hybridized carbons (Fsp3) is 0.650. The van der Waals surface area contributed by atoms with Gasteiger partial charge in [-0.1, -0.05) is 29.3 Å². The summed E-state index contributed by atoms with van der Waals surface area (Å²) < 4.78 is 0. The van der Waals surface area contributed by atoms with E-state index in [-0.39, 0.29) is 11.5 Å². The number of hydrogen-bond acceptors (Lipinski definition) is 3. The molecule has 1 aromatic rings. The number of benzene rings is 1. The molecule has 0 aromatic heterocycles. The molecule has 6 heteroatoms. The van der Waals surface area contributed by atoms with Crippen molar-refractivity contribution in [3.8, 4) is 0 Å². The van der Waals surface area contributed by atoms with Crippen molar-refractivity contribution in [3.63, 3.8) is 0 Å². The van der Waals surface area contributed by atoms with Gasteiger partial charge in [0.2, 0.25) is 5.91 Å². The first-order chi connectivity index (χ1) is 12.5. The third kappa shape index (κ3) is 3.21. The molecular weight excluding hydrogens is 371 g/mol. The first-order valence-electron chi connectivity index (χ1n) is 9.68. The van der Waals surface area contributed by atoms with Crippen LogP contribution in [-0.2, 0) is 4.79 Å². The average molecular weight is 397 g/mol. The number of rotatable bonds is 2. The second-order valence-corrected chi connectivity index (χ2v) is 8.87. The van der Waals surface area contributed by atoms with Crippen molar-refractivity contribution in [1.82, 2.24) is 4.90 Å². The van der Waals surface area contributed by atoms with Crippen LogP contribution in [0, 0.1) is 5.41 Å². The van der Waals surface area contributed by atoms with Gasteiger partial charge in [-0.3, -0.25) is 4.79 Å². The minimum atomic E-state index is -0.292. The summed E-state index contributed by atoms with van der Waals surface area (Å²) in [5.41, 5.74) is 0.644. The van der Waals surface area contributed by atoms with Gasteiger partial charge in [-0.15, -0.1) is 0 Å². The predicted octanol–water partition coefficient (Wildman–Crippen LogP) is 4.12. The van der Waals surface area contributed by atoms with Gasteiger partial charge in [0, 0.05) is 25.7 Å². The second-order valence-electron chi connectivity index (χ2n) is 8.09. The molecule has 4 rings (SSSR count). The summed E-state index contributed by atoms with van der Waals surface area (Å²) in [5, 5.41) is 10.9. The number of carbonyl (C=O) groups excluding carboxylic acids is 1. The Kier molecular flexibility index (Phi) is 5.10. The van der Waals surface area contributed by atoms with Crippen LogP contribution in [0.1, 0.15) is 44.9 Å². The Labute approximate surface area is 165 Å². The fourth-order valence-corrected chi connectivity index (χ4v) is 5.43. The highest BCUT2D eigenvalue weighted by Crippen LogP contribution is 2.45. The second kappa shape index (κ2) is 7.21. The molecule has 2 heterocycles. The molecule has 1 atom stereocenters. The van der Waals surface area contributed by atoms with E-state index in [1.54, 1.807) is 6.07 Å². The zero-order valence-corrected chi connectivity index (χ0v) is 16.5. The molecule has 142 valence electrons. The highest BCUT2D eigenvalue weighted by molar-refractivity contribution is 6.43. The van der Waals surface area contributed by atoms with Crippen LogP contribution in [0.5, 0.6) is 0 Å². The first kappa shape index (κ1) is 18.4. The molecule has 0 radical (unpaired) electrons. The van der Waals surface area contributed by atoms with Gasteiger partial charge in [-0.05, 0) is 57.1 Å². The summed E-state index contributed by atoms with van der Waals surface area (Å²) in [4.78, 5) is 17.7. The SMILES string of the molecule is O=C1N([C@H]2CC[C@@H](O)CC2)CC[C@@]12CCCN(c1cccc(Cl)c1Cl)C2. The molecule has 1 N–H and O–H groups in total. The Morgan fingerprint density at radius 2 is 1.85 bits per heavy atom. The van der Waals surface area contributed by atoms with Gasteiger partial charge >= 0.3 is 0 Å². The smallest absolute Gasteiger partial charge is 0.230 e. The van der Waals surface area contributed by atoms with E-state index in [1.165, 1.54) is 0 Å². The highest BCUT2D eigenvalue weighted by Gasteiger charge is 2.50. The Hall–Kier alpha value is -0.970. The number of hydrogen-bond donors (Lipinski definition) is 1. The minimum absolute atomic E-state index is 0.187. The largest absolute Gasteiger partial charge is 0.393 e. The van der Waals surface area contributed by atoms with Crippen LogP contribution in [-0.4, -0.2) is 47.7 Å². The normalized spacial score (nSPS) is 32.5. The number of anilines is 1. The number of aliphatic hydroxyl groups excluding tert-OH is 1. The maximum Gasteiger partial charge on any atom is 0.230 e. The number of carbonyl (C=O) groups is 1. The van der Waals surface area contributed by atoms with Crippen molar-refractivity contribution >= 4 is 34.8 Å². The zero-order valence-electron chi connectivity index (χ0n) is 15.0. The van der Waals surface area contributed by atoms with E-state index in [4.69, 9.17) is 23.2 Å². The van der Waals surface area contributed by atoms with Gasteiger partial charge in [0.25, 0.3) is 0 Å². The van der Waals surface area contributed by atoms with Crippen molar-refractivity contribution in [1.29, 1.82) is 0 Å². The van der Waals surface area contributed by atoms with Crippen LogP contribution in [0.3, 0.4) is 0 Å². The maximum atomic E-state index is 13.4. The average Bonchev–Trinajstić information content (AvgIpc) is 2.94. The highest BCUT2D eigenvalue weighted by atomic mass is 35.5. The van der Waals surface area contributed by atoms with Crippen LogP contribution in [0.2, 0.25) is 10.0 Å². The van der Waals surface area contributed by atoms with E-state index in [2.05, 4.69) is 9.80 Å². The Bertz CT molecular complexity index is 690. The number of halogens is 2. The Morgan fingerprint density at radius 3 is 2.62 bits per heavy atom. The predicted molar refractivity (Wildman–Crippen MR) is 105 cm³/mol. The van der Waals surface area contributed by atoms with E-state index in [1.807, 2.05) is 12.1 Å². The summed E-state index contributed by atoms with van der Waals surface area (Å²) in [5.74, 6) is 0.307. The van der Waals surface area contributed by atoms with Crippen LogP contribution in [0.15, 0.2) is 18.2 Å². The molecule has 1 aromatic carbocycles. The molecule has 1 saturated carbocycles. The summed E-state index contributed by atoms with van der Waals surface area (Å²) in [6.45, 7) is 2.47. The third-order valence-corrected chi connectivity index (χ3v) is 7.31. The molecular formula is C20H26Cl2N2O2. The minimum Gasteiger partial charge on any atom is -0.393 e. The monoisotopic (exact) mass is 396 g/mol. The number of piperidine rings is 1. The van der Waals surface area contributed by atoms with E-state index in [0.717, 1.165) is 70.3 Å². The fourth-order valence-electron chi connectivity index (χ4n) is 5.02. The first-order valence-corrected chi connectivity index (χ1v) is 10.4. The summed E-state index contributed by atoms with van der Waals surface area (Å²) in [6, 6.07) is 6.01. The van der Waals surface area contributed by atoms with Crippen molar-refractivity contribution in [2.45, 2.75) is 57.1 Å². The number of nitrogens with zero attached hydrogens (tertiary/aromatic N) is 2. The molecule has 0 bridgehead atoms. The molecule has 26 heavy (non-hydrogen) atoms. The summed E-state index contributed by atoms with van der Waals surface area (Å²) >= 11 is 12.6. The molecule has 0 unspecified atom stereocenters. The molecule has 1 spiro atoms. The molecule has 2 saturated heterocycles. The number of likely N-dealkylation sites (tertiary alicyclic amines) is 1. The van der Waals surface area contributed by atoms with Gasteiger partial charge in [0.15, 0.2) is 0 Å². The molecule has 1 amide bonds. The lowest BCUT2D eigenvalue weighted by molar-refractivity contribution is -0.139. The van der Waals surface area contributed by atoms with Crippen molar-refractivity contribution in [2.24, 2.45) is 5.41 Å². The van der Waals surface area contributed by atoms with E-state index < -0.39 is 0 Å². The Morgan fingerprint density at radius 1 is 1.08 bits per heavy atom. The van der Waals surface area contributed by atoms with Gasteiger partial charge in [-0.2, -0.15) is 0 Å². The van der Waals surface area contributed by atoms with Gasteiger partial charge in [-0.25, -0.2) is 0 Å². The molecule has 3 aliphatic rings.